The molecule has 0 spiro atoms. The number of hydrogen-bond donors (Lipinski definition) is 0. The molecule has 1 saturated carbocycles. The summed E-state index contributed by atoms with van der Waals surface area (Å²) in [5.41, 5.74) is 1.40. The van der Waals surface area contributed by atoms with Gasteiger partial charge in [0.15, 0.2) is 0 Å². The molecule has 0 heterocycles. The fourth-order valence-electron chi connectivity index (χ4n) is 3.31. The molecule has 0 radical (unpaired) electrons. The zero-order chi connectivity index (χ0) is 22.1. The number of carbonyl (C=O) groups excluding carboxylic acids is 1. The van der Waals surface area contributed by atoms with Crippen LogP contribution in [0.15, 0.2) is 47.4 Å². The van der Waals surface area contributed by atoms with E-state index < -0.39 is 10.1 Å². The van der Waals surface area contributed by atoms with Gasteiger partial charge in [-0.15, -0.1) is 0 Å². The molecule has 0 bridgehead atoms. The molecule has 0 N–H and O–H groups in total. The van der Waals surface area contributed by atoms with Crippen LogP contribution in [0.25, 0.3) is 0 Å². The maximum absolute atomic E-state index is 12.7. The molecular weight excluding hydrogens is 422 g/mol. The van der Waals surface area contributed by atoms with Crippen LogP contribution in [-0.2, 0) is 21.5 Å². The Balaban J connectivity index is 1.72. The minimum atomic E-state index is -4.04. The molecule has 7 heteroatoms. The number of nitrogens with zero attached hydrogens (tertiary/aromatic N) is 1. The quantitative estimate of drug-likeness (QED) is 0.535. The van der Waals surface area contributed by atoms with E-state index >= 15 is 0 Å². The molecule has 1 amide bonds. The van der Waals surface area contributed by atoms with Crippen LogP contribution in [0, 0.1) is 12.3 Å². The summed E-state index contributed by atoms with van der Waals surface area (Å²) in [6.07, 6.45) is 2.57. The summed E-state index contributed by atoms with van der Waals surface area (Å²) in [6.45, 7) is 8.36. The first-order chi connectivity index (χ1) is 14.0. The van der Waals surface area contributed by atoms with Crippen molar-refractivity contribution in [1.29, 1.82) is 0 Å². The van der Waals surface area contributed by atoms with E-state index in [4.69, 9.17) is 15.8 Å². The summed E-state index contributed by atoms with van der Waals surface area (Å²) in [4.78, 5) is 14.6. The van der Waals surface area contributed by atoms with Crippen molar-refractivity contribution in [2.75, 3.05) is 0 Å². The molecule has 1 aliphatic rings. The van der Waals surface area contributed by atoms with E-state index in [1.54, 1.807) is 43.3 Å². The Morgan fingerprint density at radius 1 is 1.13 bits per heavy atom. The molecule has 0 saturated heterocycles. The van der Waals surface area contributed by atoms with Crippen molar-refractivity contribution in [3.05, 3.63) is 58.6 Å². The van der Waals surface area contributed by atoms with Crippen LogP contribution in [0.3, 0.4) is 0 Å². The molecule has 2 aromatic carbocycles. The molecular formula is C23H28ClNO4S. The summed E-state index contributed by atoms with van der Waals surface area (Å²) in [5, 5.41) is 0.129. The molecule has 0 unspecified atom stereocenters. The van der Waals surface area contributed by atoms with Gasteiger partial charge >= 0.3 is 10.1 Å². The van der Waals surface area contributed by atoms with Gasteiger partial charge in [0.1, 0.15) is 10.6 Å². The average Bonchev–Trinajstić information content (AvgIpc) is 3.43. The SMILES string of the molecule is Cc1cccc(Cl)c1S(=O)(=O)Oc1ccc(CN(C(=O)CC(C)(C)C)C2CC2)cc1. The molecule has 30 heavy (non-hydrogen) atoms. The smallest absolute Gasteiger partial charge is 0.340 e. The predicted molar refractivity (Wildman–Crippen MR) is 118 cm³/mol. The van der Waals surface area contributed by atoms with E-state index in [0.717, 1.165) is 18.4 Å². The van der Waals surface area contributed by atoms with Gasteiger partial charge in [0, 0.05) is 19.0 Å². The van der Waals surface area contributed by atoms with Gasteiger partial charge in [-0.05, 0) is 54.5 Å². The Bertz CT molecular complexity index is 1000. The van der Waals surface area contributed by atoms with Gasteiger partial charge in [-0.25, -0.2) is 0 Å². The molecule has 0 aromatic heterocycles. The summed E-state index contributed by atoms with van der Waals surface area (Å²) in [6, 6.07) is 12.0. The molecule has 162 valence electrons. The highest BCUT2D eigenvalue weighted by molar-refractivity contribution is 7.87. The van der Waals surface area contributed by atoms with Crippen molar-refractivity contribution < 1.29 is 17.4 Å². The van der Waals surface area contributed by atoms with Crippen LogP contribution < -0.4 is 4.18 Å². The number of carbonyl (C=O) groups is 1. The number of benzene rings is 2. The van der Waals surface area contributed by atoms with E-state index in [1.165, 1.54) is 6.07 Å². The molecule has 5 nitrogen and oxygen atoms in total. The third kappa shape index (κ3) is 5.76. The van der Waals surface area contributed by atoms with Crippen molar-refractivity contribution in [2.45, 2.75) is 64.4 Å². The lowest BCUT2D eigenvalue weighted by molar-refractivity contribution is -0.134. The molecule has 0 aliphatic heterocycles. The van der Waals surface area contributed by atoms with E-state index in [2.05, 4.69) is 20.8 Å². The van der Waals surface area contributed by atoms with Gasteiger partial charge < -0.3 is 9.08 Å². The van der Waals surface area contributed by atoms with Gasteiger partial charge in [0.25, 0.3) is 0 Å². The van der Waals surface area contributed by atoms with Crippen molar-refractivity contribution >= 4 is 27.6 Å². The van der Waals surface area contributed by atoms with E-state index in [-0.39, 0.29) is 27.0 Å². The number of halogens is 1. The van der Waals surface area contributed by atoms with Gasteiger partial charge in [-0.3, -0.25) is 4.79 Å². The van der Waals surface area contributed by atoms with Crippen LogP contribution in [-0.4, -0.2) is 25.3 Å². The van der Waals surface area contributed by atoms with Crippen molar-refractivity contribution in [3.63, 3.8) is 0 Å². The van der Waals surface area contributed by atoms with Gasteiger partial charge in [-0.1, -0.05) is 56.6 Å². The van der Waals surface area contributed by atoms with E-state index in [0.29, 0.717) is 24.6 Å². The lowest BCUT2D eigenvalue weighted by Crippen LogP contribution is -2.34. The zero-order valence-corrected chi connectivity index (χ0v) is 19.4. The lowest BCUT2D eigenvalue weighted by atomic mass is 9.91. The van der Waals surface area contributed by atoms with Crippen LogP contribution in [0.4, 0.5) is 0 Å². The second-order valence-corrected chi connectivity index (χ2v) is 10.9. The third-order valence-corrected chi connectivity index (χ3v) is 6.77. The molecule has 2 aromatic rings. The minimum Gasteiger partial charge on any atom is -0.379 e. The van der Waals surface area contributed by atoms with Crippen molar-refractivity contribution in [1.82, 2.24) is 4.90 Å². The second-order valence-electron chi connectivity index (χ2n) is 9.06. The topological polar surface area (TPSA) is 63.7 Å². The average molecular weight is 450 g/mol. The fourth-order valence-corrected chi connectivity index (χ4v) is 5.03. The zero-order valence-electron chi connectivity index (χ0n) is 17.8. The Morgan fingerprint density at radius 2 is 1.77 bits per heavy atom. The monoisotopic (exact) mass is 449 g/mol. The largest absolute Gasteiger partial charge is 0.379 e. The standard InChI is InChI=1S/C23H28ClNO4S/c1-16-6-5-7-20(24)22(16)30(27,28)29-19-12-8-17(9-13-19)15-25(18-10-11-18)21(26)14-23(2,3)4/h5-9,12-13,18H,10-11,14-15H2,1-4H3. The highest BCUT2D eigenvalue weighted by Gasteiger charge is 2.34. The second kappa shape index (κ2) is 8.60. The Labute approximate surface area is 184 Å². The number of hydrogen-bond acceptors (Lipinski definition) is 4. The molecule has 1 aliphatic carbocycles. The lowest BCUT2D eigenvalue weighted by Gasteiger charge is -2.27. The maximum atomic E-state index is 12.7. The third-order valence-electron chi connectivity index (χ3n) is 4.89. The van der Waals surface area contributed by atoms with Crippen molar-refractivity contribution in [3.8, 4) is 5.75 Å². The molecule has 3 rings (SSSR count). The van der Waals surface area contributed by atoms with Crippen LogP contribution in [0.2, 0.25) is 5.02 Å². The van der Waals surface area contributed by atoms with E-state index in [9.17, 15) is 13.2 Å². The first-order valence-electron chi connectivity index (χ1n) is 10.0. The minimum absolute atomic E-state index is 0.0246. The van der Waals surface area contributed by atoms with Crippen LogP contribution in [0.5, 0.6) is 5.75 Å². The Kier molecular flexibility index (Phi) is 6.48. The van der Waals surface area contributed by atoms with Gasteiger partial charge in [0.05, 0.1) is 5.02 Å². The number of amides is 1. The first-order valence-corrected chi connectivity index (χ1v) is 11.8. The molecule has 0 atom stereocenters. The fraction of sp³-hybridized carbons (Fsp3) is 0.435. The highest BCUT2D eigenvalue weighted by Crippen LogP contribution is 2.32. The van der Waals surface area contributed by atoms with Gasteiger partial charge in [0.2, 0.25) is 5.91 Å². The summed E-state index contributed by atoms with van der Waals surface area (Å²) in [7, 11) is -4.04. The predicted octanol–water partition coefficient (Wildman–Crippen LogP) is 5.34. The first kappa shape index (κ1) is 22.6. The Hall–Kier alpha value is -2.05. The van der Waals surface area contributed by atoms with E-state index in [1.807, 2.05) is 4.90 Å². The normalized spacial score (nSPS) is 14.4. The number of rotatable bonds is 7. The summed E-state index contributed by atoms with van der Waals surface area (Å²) in [5.74, 6) is 0.360. The van der Waals surface area contributed by atoms with Gasteiger partial charge in [-0.2, -0.15) is 8.42 Å². The highest BCUT2D eigenvalue weighted by atomic mass is 35.5. The van der Waals surface area contributed by atoms with Crippen molar-refractivity contribution in [2.24, 2.45) is 5.41 Å². The summed E-state index contributed by atoms with van der Waals surface area (Å²) >= 11 is 6.08. The Morgan fingerprint density at radius 3 is 2.30 bits per heavy atom. The number of aryl methyl sites for hydroxylation is 1. The molecule has 1 fully saturated rings. The van der Waals surface area contributed by atoms with Crippen LogP contribution >= 0.6 is 11.6 Å². The van der Waals surface area contributed by atoms with Crippen LogP contribution in [0.1, 0.15) is 51.2 Å². The maximum Gasteiger partial charge on any atom is 0.340 e. The summed E-state index contributed by atoms with van der Waals surface area (Å²) < 4.78 is 30.6.